The van der Waals surface area contributed by atoms with E-state index in [2.05, 4.69) is 55.4 Å². The maximum atomic E-state index is 11.2. The monoisotopic (exact) mass is 409 g/mol. The summed E-state index contributed by atoms with van der Waals surface area (Å²) in [4.78, 5) is 23.0. The molecule has 0 saturated heterocycles. The van der Waals surface area contributed by atoms with Crippen molar-refractivity contribution in [3.05, 3.63) is 73.3 Å². The standard InChI is InChI=1S/C21H23N5O4/c1-13-8-19-17(14(2)11-21(3,4)24(19)5)9-15(13)12-22-23-18-7-6-16(25(27)28)10-20(18)26(29)30/h6-12,23H,1-5H3/b22-12-. The number of hydrogen-bond donors (Lipinski definition) is 1. The lowest BCUT2D eigenvalue weighted by Crippen LogP contribution is -2.42. The Kier molecular flexibility index (Phi) is 5.30. The molecular formula is C21H23N5O4. The molecule has 0 aliphatic carbocycles. The van der Waals surface area contributed by atoms with E-state index < -0.39 is 15.5 Å². The van der Waals surface area contributed by atoms with Gasteiger partial charge in [-0.15, -0.1) is 0 Å². The predicted molar refractivity (Wildman–Crippen MR) is 118 cm³/mol. The summed E-state index contributed by atoms with van der Waals surface area (Å²) in [5, 5.41) is 26.2. The molecule has 0 fully saturated rings. The molecule has 9 nitrogen and oxygen atoms in total. The average molecular weight is 409 g/mol. The van der Waals surface area contributed by atoms with Crippen LogP contribution in [0.1, 0.15) is 37.5 Å². The molecule has 0 atom stereocenters. The first-order valence-electron chi connectivity index (χ1n) is 9.31. The van der Waals surface area contributed by atoms with Gasteiger partial charge in [0.1, 0.15) is 5.69 Å². The fraction of sp³-hybridized carbons (Fsp3) is 0.286. The van der Waals surface area contributed by atoms with Crippen molar-refractivity contribution < 1.29 is 9.85 Å². The van der Waals surface area contributed by atoms with E-state index in [0.717, 1.165) is 28.4 Å². The van der Waals surface area contributed by atoms with E-state index in [1.54, 1.807) is 6.21 Å². The Balaban J connectivity index is 1.91. The van der Waals surface area contributed by atoms with Crippen molar-refractivity contribution in [1.29, 1.82) is 0 Å². The van der Waals surface area contributed by atoms with E-state index in [4.69, 9.17) is 0 Å². The lowest BCUT2D eigenvalue weighted by molar-refractivity contribution is -0.393. The van der Waals surface area contributed by atoms with Gasteiger partial charge in [0.25, 0.3) is 5.69 Å². The Bertz CT molecular complexity index is 1100. The minimum Gasteiger partial charge on any atom is -0.365 e. The summed E-state index contributed by atoms with van der Waals surface area (Å²) in [6, 6.07) is 7.52. The van der Waals surface area contributed by atoms with Gasteiger partial charge in [0.2, 0.25) is 0 Å². The summed E-state index contributed by atoms with van der Waals surface area (Å²) in [5.74, 6) is 0. The molecule has 0 spiro atoms. The number of nitrogens with one attached hydrogen (secondary N) is 1. The Hall–Kier alpha value is -3.75. The highest BCUT2D eigenvalue weighted by Gasteiger charge is 2.28. The first-order chi connectivity index (χ1) is 14.0. The molecule has 0 bridgehead atoms. The van der Waals surface area contributed by atoms with E-state index >= 15 is 0 Å². The summed E-state index contributed by atoms with van der Waals surface area (Å²) in [6.45, 7) is 8.36. The third-order valence-corrected chi connectivity index (χ3v) is 5.38. The number of nitro benzene ring substituents is 2. The van der Waals surface area contributed by atoms with E-state index in [1.807, 2.05) is 13.0 Å². The normalized spacial score (nSPS) is 15.0. The second kappa shape index (κ2) is 7.58. The maximum absolute atomic E-state index is 11.2. The molecule has 1 N–H and O–H groups in total. The van der Waals surface area contributed by atoms with Gasteiger partial charge in [-0.1, -0.05) is 6.08 Å². The predicted octanol–water partition coefficient (Wildman–Crippen LogP) is 4.89. The molecule has 9 heteroatoms. The molecule has 0 aromatic heterocycles. The summed E-state index contributed by atoms with van der Waals surface area (Å²) in [5.41, 5.74) is 7.14. The molecular weight excluding hydrogens is 386 g/mol. The smallest absolute Gasteiger partial charge is 0.301 e. The van der Waals surface area contributed by atoms with Gasteiger partial charge in [-0.3, -0.25) is 25.7 Å². The van der Waals surface area contributed by atoms with Crippen LogP contribution < -0.4 is 10.3 Å². The second-order valence-electron chi connectivity index (χ2n) is 7.85. The van der Waals surface area contributed by atoms with Gasteiger partial charge in [-0.25, -0.2) is 0 Å². The summed E-state index contributed by atoms with van der Waals surface area (Å²) < 4.78 is 0. The number of benzene rings is 2. The van der Waals surface area contributed by atoms with Crippen LogP contribution in [0, 0.1) is 27.2 Å². The number of non-ortho nitro benzene ring substituents is 1. The van der Waals surface area contributed by atoms with Gasteiger partial charge in [-0.05, 0) is 62.6 Å². The highest BCUT2D eigenvalue weighted by atomic mass is 16.6. The lowest BCUT2D eigenvalue weighted by Gasteiger charge is -2.41. The van der Waals surface area contributed by atoms with Gasteiger partial charge < -0.3 is 4.90 Å². The van der Waals surface area contributed by atoms with Gasteiger partial charge in [0, 0.05) is 24.4 Å². The van der Waals surface area contributed by atoms with Crippen LogP contribution in [0.3, 0.4) is 0 Å². The van der Waals surface area contributed by atoms with Crippen molar-refractivity contribution in [2.45, 2.75) is 33.2 Å². The number of allylic oxidation sites excluding steroid dienone is 1. The first-order valence-corrected chi connectivity index (χ1v) is 9.31. The van der Waals surface area contributed by atoms with Crippen LogP contribution in [-0.4, -0.2) is 28.6 Å². The largest absolute Gasteiger partial charge is 0.365 e. The number of hydrogen-bond acceptors (Lipinski definition) is 7. The molecule has 1 heterocycles. The minimum absolute atomic E-state index is 0.0787. The summed E-state index contributed by atoms with van der Waals surface area (Å²) >= 11 is 0. The van der Waals surface area contributed by atoms with Gasteiger partial charge in [0.15, 0.2) is 0 Å². The Morgan fingerprint density at radius 3 is 2.43 bits per heavy atom. The third kappa shape index (κ3) is 3.86. The van der Waals surface area contributed by atoms with Crippen LogP contribution in [0.15, 0.2) is 41.5 Å². The molecule has 3 rings (SSSR count). The molecule has 2 aromatic rings. The van der Waals surface area contributed by atoms with Crippen molar-refractivity contribution in [1.82, 2.24) is 0 Å². The number of anilines is 2. The van der Waals surface area contributed by atoms with Crippen LogP contribution in [0.5, 0.6) is 0 Å². The van der Waals surface area contributed by atoms with E-state index in [1.165, 1.54) is 17.7 Å². The van der Waals surface area contributed by atoms with Crippen LogP contribution in [-0.2, 0) is 0 Å². The Labute approximate surface area is 174 Å². The van der Waals surface area contributed by atoms with E-state index in [0.29, 0.717) is 0 Å². The van der Waals surface area contributed by atoms with Crippen LogP contribution in [0.2, 0.25) is 0 Å². The maximum Gasteiger partial charge on any atom is 0.301 e. The summed E-state index contributed by atoms with van der Waals surface area (Å²) in [7, 11) is 2.06. The Morgan fingerprint density at radius 2 is 1.80 bits per heavy atom. The van der Waals surface area contributed by atoms with Crippen LogP contribution in [0.4, 0.5) is 22.7 Å². The molecule has 1 aliphatic rings. The topological polar surface area (TPSA) is 114 Å². The molecule has 2 aromatic carbocycles. The zero-order chi connectivity index (χ0) is 22.2. The molecule has 0 radical (unpaired) electrons. The van der Waals surface area contributed by atoms with E-state index in [-0.39, 0.29) is 16.9 Å². The number of nitrogens with zero attached hydrogens (tertiary/aromatic N) is 4. The van der Waals surface area contributed by atoms with Crippen molar-refractivity contribution in [3.8, 4) is 0 Å². The highest BCUT2D eigenvalue weighted by Crippen LogP contribution is 2.39. The average Bonchev–Trinajstić information content (AvgIpc) is 2.66. The number of aryl methyl sites for hydroxylation is 1. The molecule has 0 amide bonds. The van der Waals surface area contributed by atoms with Crippen molar-refractivity contribution in [2.24, 2.45) is 5.10 Å². The lowest BCUT2D eigenvalue weighted by atomic mass is 9.87. The molecule has 0 unspecified atom stereocenters. The van der Waals surface area contributed by atoms with Crippen molar-refractivity contribution >= 4 is 34.5 Å². The number of hydrazone groups is 1. The van der Waals surface area contributed by atoms with Crippen LogP contribution in [0.25, 0.3) is 5.57 Å². The molecule has 30 heavy (non-hydrogen) atoms. The second-order valence-corrected chi connectivity index (χ2v) is 7.85. The van der Waals surface area contributed by atoms with Gasteiger partial charge >= 0.3 is 5.69 Å². The first kappa shape index (κ1) is 21.0. The summed E-state index contributed by atoms with van der Waals surface area (Å²) in [6.07, 6.45) is 3.80. The SMILES string of the molecule is CC1=CC(C)(C)N(C)c2cc(C)c(/C=N\Nc3ccc([N+](=O)[O-])cc3[N+](=O)[O-])cc21. The highest BCUT2D eigenvalue weighted by molar-refractivity contribution is 5.89. The van der Waals surface area contributed by atoms with E-state index in [9.17, 15) is 20.2 Å². The van der Waals surface area contributed by atoms with Gasteiger partial charge in [-0.2, -0.15) is 5.10 Å². The zero-order valence-corrected chi connectivity index (χ0v) is 17.5. The third-order valence-electron chi connectivity index (χ3n) is 5.38. The number of rotatable bonds is 5. The molecule has 1 aliphatic heterocycles. The zero-order valence-electron chi connectivity index (χ0n) is 17.5. The van der Waals surface area contributed by atoms with Crippen molar-refractivity contribution in [2.75, 3.05) is 17.4 Å². The fourth-order valence-electron chi connectivity index (χ4n) is 3.51. The number of nitro groups is 2. The van der Waals surface area contributed by atoms with Gasteiger partial charge in [0.05, 0.1) is 27.7 Å². The number of likely N-dealkylation sites (N-methyl/N-ethyl adjacent to an activating group) is 1. The minimum atomic E-state index is -0.680. The quantitative estimate of drug-likeness (QED) is 0.427. The fourth-order valence-corrected chi connectivity index (χ4v) is 3.51. The van der Waals surface area contributed by atoms with Crippen LogP contribution >= 0.6 is 0 Å². The Morgan fingerprint density at radius 1 is 1.10 bits per heavy atom. The molecule has 0 saturated carbocycles. The number of fused-ring (bicyclic) bond motifs is 1. The van der Waals surface area contributed by atoms with Crippen molar-refractivity contribution in [3.63, 3.8) is 0 Å². The molecule has 156 valence electrons.